The maximum atomic E-state index is 11.8. The van der Waals surface area contributed by atoms with Gasteiger partial charge in [0.2, 0.25) is 0 Å². The molecule has 0 unspecified atom stereocenters. The standard InChI is InChI=1S/C22H25NO4/c1-26-17-11-9-16(10-12-17)6-5-13-23-14-19(20(15-23)22(24)25)18-7-3-4-8-21(18)27-2/h3-12,19-20H,13-15H2,1-2H3,(H,24,25)/b6-5+/t19-,20+/m1/s1. The molecular formula is C22H25NO4. The van der Waals surface area contributed by atoms with Crippen molar-refractivity contribution in [2.75, 3.05) is 33.9 Å². The Morgan fingerprint density at radius 1 is 1.11 bits per heavy atom. The predicted molar refractivity (Wildman–Crippen MR) is 105 cm³/mol. The number of rotatable bonds is 7. The zero-order valence-electron chi connectivity index (χ0n) is 15.7. The summed E-state index contributed by atoms with van der Waals surface area (Å²) in [6.45, 7) is 1.94. The number of hydrogen-bond donors (Lipinski definition) is 1. The van der Waals surface area contributed by atoms with Crippen LogP contribution in [0.3, 0.4) is 0 Å². The van der Waals surface area contributed by atoms with E-state index in [1.807, 2.05) is 54.6 Å². The molecule has 1 aliphatic heterocycles. The maximum Gasteiger partial charge on any atom is 0.308 e. The third kappa shape index (κ3) is 4.49. The van der Waals surface area contributed by atoms with Gasteiger partial charge in [0.1, 0.15) is 11.5 Å². The van der Waals surface area contributed by atoms with Gasteiger partial charge in [-0.05, 0) is 29.3 Å². The molecule has 1 fully saturated rings. The van der Waals surface area contributed by atoms with Gasteiger partial charge in [0.25, 0.3) is 0 Å². The fourth-order valence-electron chi connectivity index (χ4n) is 3.63. The fourth-order valence-corrected chi connectivity index (χ4v) is 3.63. The number of ether oxygens (including phenoxy) is 2. The summed E-state index contributed by atoms with van der Waals surface area (Å²) in [6, 6.07) is 15.5. The van der Waals surface area contributed by atoms with E-state index in [0.717, 1.165) is 22.6 Å². The van der Waals surface area contributed by atoms with Crippen molar-refractivity contribution < 1.29 is 19.4 Å². The van der Waals surface area contributed by atoms with Crippen molar-refractivity contribution in [1.29, 1.82) is 0 Å². The molecule has 1 aliphatic rings. The Bertz CT molecular complexity index is 800. The molecule has 0 spiro atoms. The van der Waals surface area contributed by atoms with Crippen LogP contribution in [0.4, 0.5) is 0 Å². The van der Waals surface area contributed by atoms with Crippen molar-refractivity contribution >= 4 is 12.0 Å². The second-order valence-corrected chi connectivity index (χ2v) is 6.69. The maximum absolute atomic E-state index is 11.8. The van der Waals surface area contributed by atoms with E-state index < -0.39 is 11.9 Å². The molecule has 0 aliphatic carbocycles. The monoisotopic (exact) mass is 367 g/mol. The third-order valence-electron chi connectivity index (χ3n) is 5.04. The number of likely N-dealkylation sites (tertiary alicyclic amines) is 1. The highest BCUT2D eigenvalue weighted by molar-refractivity contribution is 5.72. The van der Waals surface area contributed by atoms with Gasteiger partial charge in [0.05, 0.1) is 20.1 Å². The number of carbonyl (C=O) groups is 1. The Morgan fingerprint density at radius 2 is 1.85 bits per heavy atom. The van der Waals surface area contributed by atoms with E-state index in [-0.39, 0.29) is 5.92 Å². The van der Waals surface area contributed by atoms with Gasteiger partial charge in [-0.3, -0.25) is 9.69 Å². The highest BCUT2D eigenvalue weighted by Crippen LogP contribution is 2.37. The molecule has 1 saturated heterocycles. The number of carboxylic acids is 1. The van der Waals surface area contributed by atoms with Crippen LogP contribution >= 0.6 is 0 Å². The number of methoxy groups -OCH3 is 2. The molecule has 5 nitrogen and oxygen atoms in total. The van der Waals surface area contributed by atoms with Gasteiger partial charge in [-0.2, -0.15) is 0 Å². The second kappa shape index (κ2) is 8.73. The Balaban J connectivity index is 1.69. The largest absolute Gasteiger partial charge is 0.497 e. The van der Waals surface area contributed by atoms with E-state index in [9.17, 15) is 9.90 Å². The van der Waals surface area contributed by atoms with Gasteiger partial charge < -0.3 is 14.6 Å². The summed E-state index contributed by atoms with van der Waals surface area (Å²) in [6.07, 6.45) is 4.12. The molecular weight excluding hydrogens is 342 g/mol. The lowest BCUT2D eigenvalue weighted by Gasteiger charge is -2.18. The van der Waals surface area contributed by atoms with Crippen molar-refractivity contribution in [3.8, 4) is 11.5 Å². The average Bonchev–Trinajstić information content (AvgIpc) is 3.13. The number of carboxylic acid groups (broad SMARTS) is 1. The van der Waals surface area contributed by atoms with Crippen LogP contribution in [-0.4, -0.2) is 49.8 Å². The molecule has 1 heterocycles. The summed E-state index contributed by atoms with van der Waals surface area (Å²) in [7, 11) is 3.27. The lowest BCUT2D eigenvalue weighted by atomic mass is 9.88. The molecule has 5 heteroatoms. The first-order valence-electron chi connectivity index (χ1n) is 9.01. The van der Waals surface area contributed by atoms with Gasteiger partial charge >= 0.3 is 5.97 Å². The average molecular weight is 367 g/mol. The Labute approximate surface area is 159 Å². The topological polar surface area (TPSA) is 59.0 Å². The van der Waals surface area contributed by atoms with Crippen molar-refractivity contribution in [2.45, 2.75) is 5.92 Å². The number of para-hydroxylation sites is 1. The molecule has 142 valence electrons. The van der Waals surface area contributed by atoms with Crippen LogP contribution in [-0.2, 0) is 4.79 Å². The number of hydrogen-bond acceptors (Lipinski definition) is 4. The minimum absolute atomic E-state index is 0.0759. The van der Waals surface area contributed by atoms with Crippen LogP contribution in [0.1, 0.15) is 17.0 Å². The molecule has 0 saturated carbocycles. The van der Waals surface area contributed by atoms with Gasteiger partial charge in [0, 0.05) is 25.6 Å². The summed E-state index contributed by atoms with van der Waals surface area (Å²) in [5.41, 5.74) is 2.06. The summed E-state index contributed by atoms with van der Waals surface area (Å²) < 4.78 is 10.6. The van der Waals surface area contributed by atoms with Crippen molar-refractivity contribution in [1.82, 2.24) is 4.90 Å². The smallest absolute Gasteiger partial charge is 0.308 e. The van der Waals surface area contributed by atoms with Crippen molar-refractivity contribution in [2.24, 2.45) is 5.92 Å². The molecule has 2 aromatic carbocycles. The number of nitrogens with zero attached hydrogens (tertiary/aromatic N) is 1. The van der Waals surface area contributed by atoms with Crippen LogP contribution in [0.25, 0.3) is 6.08 Å². The van der Waals surface area contributed by atoms with E-state index in [1.54, 1.807) is 14.2 Å². The predicted octanol–water partition coefficient (Wildman–Crippen LogP) is 3.52. The molecule has 3 rings (SSSR count). The van der Waals surface area contributed by atoms with Gasteiger partial charge in [-0.1, -0.05) is 42.5 Å². The van der Waals surface area contributed by atoms with Crippen LogP contribution in [0.2, 0.25) is 0 Å². The minimum Gasteiger partial charge on any atom is -0.497 e. The SMILES string of the molecule is COc1ccc(/C=C/CN2C[C@H](C(=O)O)[C@@H](c3ccccc3OC)C2)cc1. The van der Waals surface area contributed by atoms with Crippen LogP contribution in [0.15, 0.2) is 54.6 Å². The Hall–Kier alpha value is -2.79. The molecule has 0 bridgehead atoms. The third-order valence-corrected chi connectivity index (χ3v) is 5.04. The fraction of sp³-hybridized carbons (Fsp3) is 0.318. The summed E-state index contributed by atoms with van der Waals surface area (Å²) in [5, 5.41) is 9.68. The van der Waals surface area contributed by atoms with Gasteiger partial charge in [-0.15, -0.1) is 0 Å². The molecule has 1 N–H and O–H groups in total. The highest BCUT2D eigenvalue weighted by atomic mass is 16.5. The Kier molecular flexibility index (Phi) is 6.14. The van der Waals surface area contributed by atoms with Gasteiger partial charge in [-0.25, -0.2) is 0 Å². The first-order chi connectivity index (χ1) is 13.1. The summed E-state index contributed by atoms with van der Waals surface area (Å²) in [5.74, 6) is 0.316. The molecule has 0 aromatic heterocycles. The van der Waals surface area contributed by atoms with Crippen LogP contribution < -0.4 is 9.47 Å². The quantitative estimate of drug-likeness (QED) is 0.811. The van der Waals surface area contributed by atoms with E-state index in [4.69, 9.17) is 9.47 Å². The first-order valence-corrected chi connectivity index (χ1v) is 9.01. The van der Waals surface area contributed by atoms with Crippen molar-refractivity contribution in [3.05, 3.63) is 65.7 Å². The normalized spacial score (nSPS) is 20.1. The highest BCUT2D eigenvalue weighted by Gasteiger charge is 2.39. The minimum atomic E-state index is -0.757. The summed E-state index contributed by atoms with van der Waals surface area (Å²) in [4.78, 5) is 14.0. The van der Waals surface area contributed by atoms with Crippen LogP contribution in [0.5, 0.6) is 11.5 Å². The van der Waals surface area contributed by atoms with E-state index in [1.165, 1.54) is 0 Å². The zero-order chi connectivity index (χ0) is 19.2. The van der Waals surface area contributed by atoms with E-state index in [0.29, 0.717) is 19.6 Å². The van der Waals surface area contributed by atoms with Gasteiger partial charge in [0.15, 0.2) is 0 Å². The molecule has 0 radical (unpaired) electrons. The van der Waals surface area contributed by atoms with E-state index >= 15 is 0 Å². The molecule has 2 atom stereocenters. The second-order valence-electron chi connectivity index (χ2n) is 6.69. The summed E-state index contributed by atoms with van der Waals surface area (Å²) >= 11 is 0. The zero-order valence-corrected chi connectivity index (χ0v) is 15.7. The van der Waals surface area contributed by atoms with Crippen molar-refractivity contribution in [3.63, 3.8) is 0 Å². The molecule has 27 heavy (non-hydrogen) atoms. The van der Waals surface area contributed by atoms with E-state index in [2.05, 4.69) is 11.0 Å². The lowest BCUT2D eigenvalue weighted by Crippen LogP contribution is -2.23. The Morgan fingerprint density at radius 3 is 2.52 bits per heavy atom. The van der Waals surface area contributed by atoms with Crippen LogP contribution in [0, 0.1) is 5.92 Å². The lowest BCUT2D eigenvalue weighted by molar-refractivity contribution is -0.141. The number of aliphatic carboxylic acids is 1. The first kappa shape index (κ1) is 19.0. The molecule has 0 amide bonds. The molecule has 2 aromatic rings. The number of benzene rings is 2.